The monoisotopic (exact) mass is 537 g/mol. The standard InChI is InChI=1S/C29H28FNO8/c1-19(22-12-13-24(25(30)18-22)21-8-4-3-5-9-21)29(34)39-26-14-11-20(17-27(26)37-2)16-23(28(32)33)10-6-7-15-38-31(35)36/h3-5,8-9,11-14,16-19H,6-7,10,15H2,1-2H3,(H,32,33)/b23-16+. The lowest BCUT2D eigenvalue weighted by atomic mass is 9.97. The molecule has 0 saturated heterocycles. The van der Waals surface area contributed by atoms with Crippen LogP contribution in [0, 0.1) is 15.9 Å². The van der Waals surface area contributed by atoms with E-state index in [1.807, 2.05) is 18.2 Å². The maximum Gasteiger partial charge on any atom is 0.331 e. The van der Waals surface area contributed by atoms with E-state index in [0.717, 1.165) is 5.56 Å². The number of aliphatic carboxylic acids is 1. The van der Waals surface area contributed by atoms with Crippen molar-refractivity contribution in [1.29, 1.82) is 0 Å². The number of halogens is 1. The van der Waals surface area contributed by atoms with Gasteiger partial charge in [0.2, 0.25) is 0 Å². The predicted molar refractivity (Wildman–Crippen MR) is 141 cm³/mol. The molecule has 0 amide bonds. The first kappa shape index (κ1) is 28.8. The Kier molecular flexibility index (Phi) is 10.1. The van der Waals surface area contributed by atoms with Crippen LogP contribution < -0.4 is 9.47 Å². The van der Waals surface area contributed by atoms with Crippen molar-refractivity contribution < 1.29 is 38.5 Å². The smallest absolute Gasteiger partial charge is 0.331 e. The first-order chi connectivity index (χ1) is 18.7. The Hall–Kier alpha value is -4.73. The molecule has 0 fully saturated rings. The number of unbranched alkanes of at least 4 members (excludes halogenated alkanes) is 1. The fourth-order valence-corrected chi connectivity index (χ4v) is 3.84. The number of esters is 1. The SMILES string of the molecule is COc1cc(/C=C(\CCCCO[N+](=O)[O-])C(=O)O)ccc1OC(=O)C(C)c1ccc(-c2ccccc2)c(F)c1. The van der Waals surface area contributed by atoms with Crippen LogP contribution in [0.15, 0.2) is 72.3 Å². The van der Waals surface area contributed by atoms with Gasteiger partial charge in [-0.1, -0.05) is 48.5 Å². The number of carboxylic acids is 1. The number of hydrogen-bond donors (Lipinski definition) is 1. The molecule has 3 aromatic rings. The molecule has 0 heterocycles. The van der Waals surface area contributed by atoms with Crippen LogP contribution in [0.5, 0.6) is 11.5 Å². The van der Waals surface area contributed by atoms with Crippen molar-refractivity contribution >= 4 is 18.0 Å². The molecule has 0 aliphatic carbocycles. The normalized spacial score (nSPS) is 11.9. The van der Waals surface area contributed by atoms with Crippen molar-refractivity contribution in [2.75, 3.05) is 13.7 Å². The lowest BCUT2D eigenvalue weighted by Crippen LogP contribution is -2.17. The number of benzene rings is 3. The molecule has 0 spiro atoms. The van der Waals surface area contributed by atoms with E-state index in [1.165, 1.54) is 31.4 Å². The summed E-state index contributed by atoms with van der Waals surface area (Å²) in [4.78, 5) is 38.9. The Morgan fingerprint density at radius 2 is 1.79 bits per heavy atom. The number of carbonyl (C=O) groups is 2. The number of hydrogen-bond acceptors (Lipinski definition) is 7. The fraction of sp³-hybridized carbons (Fsp3) is 0.241. The minimum atomic E-state index is -1.13. The molecule has 9 nitrogen and oxygen atoms in total. The Morgan fingerprint density at radius 1 is 1.05 bits per heavy atom. The molecule has 1 unspecified atom stereocenters. The van der Waals surface area contributed by atoms with Crippen LogP contribution >= 0.6 is 0 Å². The molecular formula is C29H28FNO8. The quantitative estimate of drug-likeness (QED) is 0.0697. The molecule has 1 N–H and O–H groups in total. The number of methoxy groups -OCH3 is 1. The Balaban J connectivity index is 1.70. The zero-order valence-corrected chi connectivity index (χ0v) is 21.5. The molecule has 0 aliphatic heterocycles. The Morgan fingerprint density at radius 3 is 2.44 bits per heavy atom. The van der Waals surface area contributed by atoms with Crippen molar-refractivity contribution in [2.45, 2.75) is 32.1 Å². The van der Waals surface area contributed by atoms with E-state index in [2.05, 4.69) is 4.84 Å². The highest BCUT2D eigenvalue weighted by atomic mass is 19.1. The lowest BCUT2D eigenvalue weighted by molar-refractivity contribution is -0.757. The molecule has 0 aromatic heterocycles. The van der Waals surface area contributed by atoms with Gasteiger partial charge in [0, 0.05) is 11.1 Å². The predicted octanol–water partition coefficient (Wildman–Crippen LogP) is 6.06. The number of nitrogens with zero attached hydrogens (tertiary/aromatic N) is 1. The first-order valence-corrected chi connectivity index (χ1v) is 12.2. The van der Waals surface area contributed by atoms with Crippen LogP contribution in [-0.4, -0.2) is 35.8 Å². The third-order valence-electron chi connectivity index (χ3n) is 5.98. The van der Waals surface area contributed by atoms with Crippen molar-refractivity contribution in [1.82, 2.24) is 0 Å². The third-order valence-corrected chi connectivity index (χ3v) is 5.98. The van der Waals surface area contributed by atoms with E-state index in [1.54, 1.807) is 37.3 Å². The van der Waals surface area contributed by atoms with E-state index >= 15 is 0 Å². The maximum absolute atomic E-state index is 14.8. The van der Waals surface area contributed by atoms with Gasteiger partial charge >= 0.3 is 11.9 Å². The van der Waals surface area contributed by atoms with Crippen LogP contribution in [0.2, 0.25) is 0 Å². The van der Waals surface area contributed by atoms with Gasteiger partial charge in [0.25, 0.3) is 5.09 Å². The molecule has 0 bridgehead atoms. The topological polar surface area (TPSA) is 125 Å². The maximum atomic E-state index is 14.8. The first-order valence-electron chi connectivity index (χ1n) is 12.2. The summed E-state index contributed by atoms with van der Waals surface area (Å²) in [5.41, 5.74) is 2.20. The van der Waals surface area contributed by atoms with E-state index < -0.39 is 28.8 Å². The van der Waals surface area contributed by atoms with Crippen LogP contribution in [0.25, 0.3) is 17.2 Å². The average Bonchev–Trinajstić information content (AvgIpc) is 2.92. The Labute approximate surface area is 224 Å². The van der Waals surface area contributed by atoms with Crippen molar-refractivity contribution in [3.05, 3.63) is 99.4 Å². The number of rotatable bonds is 13. The zero-order valence-electron chi connectivity index (χ0n) is 21.5. The summed E-state index contributed by atoms with van der Waals surface area (Å²) < 4.78 is 25.7. The van der Waals surface area contributed by atoms with E-state index in [-0.39, 0.29) is 30.1 Å². The lowest BCUT2D eigenvalue weighted by Gasteiger charge is -2.15. The average molecular weight is 538 g/mol. The van der Waals surface area contributed by atoms with Gasteiger partial charge in [-0.25, -0.2) is 9.18 Å². The second-order valence-electron chi connectivity index (χ2n) is 8.65. The second kappa shape index (κ2) is 13.7. The summed E-state index contributed by atoms with van der Waals surface area (Å²) >= 11 is 0. The van der Waals surface area contributed by atoms with Gasteiger partial charge in [0.05, 0.1) is 19.6 Å². The fourth-order valence-electron chi connectivity index (χ4n) is 3.84. The highest BCUT2D eigenvalue weighted by Gasteiger charge is 2.21. The minimum absolute atomic E-state index is 0.0949. The van der Waals surface area contributed by atoms with Gasteiger partial charge in [0.15, 0.2) is 11.5 Å². The number of ether oxygens (including phenoxy) is 2. The van der Waals surface area contributed by atoms with E-state index in [9.17, 15) is 29.2 Å². The molecular weight excluding hydrogens is 509 g/mol. The second-order valence-corrected chi connectivity index (χ2v) is 8.65. The van der Waals surface area contributed by atoms with Gasteiger partial charge in [-0.15, -0.1) is 10.1 Å². The van der Waals surface area contributed by atoms with Gasteiger partial charge in [-0.05, 0) is 67.2 Å². The number of carboxylic acid groups (broad SMARTS) is 1. The third kappa shape index (κ3) is 8.13. The summed E-state index contributed by atoms with van der Waals surface area (Å²) in [6, 6.07) is 18.3. The van der Waals surface area contributed by atoms with Crippen molar-refractivity contribution in [3.8, 4) is 22.6 Å². The molecule has 39 heavy (non-hydrogen) atoms. The van der Waals surface area contributed by atoms with E-state index in [4.69, 9.17) is 9.47 Å². The molecule has 10 heteroatoms. The number of carbonyl (C=O) groups excluding carboxylic acids is 1. The van der Waals surface area contributed by atoms with E-state index in [0.29, 0.717) is 29.5 Å². The van der Waals surface area contributed by atoms with Crippen molar-refractivity contribution in [2.24, 2.45) is 0 Å². The molecule has 3 rings (SSSR count). The minimum Gasteiger partial charge on any atom is -0.493 e. The summed E-state index contributed by atoms with van der Waals surface area (Å²) in [6.07, 6.45) is 2.32. The van der Waals surface area contributed by atoms with Crippen LogP contribution in [0.1, 0.15) is 43.2 Å². The largest absolute Gasteiger partial charge is 0.493 e. The molecule has 204 valence electrons. The van der Waals surface area contributed by atoms with Gasteiger partial charge in [-0.3, -0.25) is 4.79 Å². The van der Waals surface area contributed by atoms with Crippen LogP contribution in [-0.2, 0) is 14.4 Å². The van der Waals surface area contributed by atoms with Gasteiger partial charge in [0.1, 0.15) is 5.82 Å². The van der Waals surface area contributed by atoms with Gasteiger partial charge < -0.3 is 19.4 Å². The molecule has 0 saturated carbocycles. The molecule has 1 atom stereocenters. The van der Waals surface area contributed by atoms with Gasteiger partial charge in [-0.2, -0.15) is 0 Å². The molecule has 0 aliphatic rings. The van der Waals surface area contributed by atoms with Crippen LogP contribution in [0.3, 0.4) is 0 Å². The van der Waals surface area contributed by atoms with Crippen molar-refractivity contribution in [3.63, 3.8) is 0 Å². The summed E-state index contributed by atoms with van der Waals surface area (Å²) in [6.45, 7) is 1.49. The summed E-state index contributed by atoms with van der Waals surface area (Å²) in [5, 5.41) is 18.8. The van der Waals surface area contributed by atoms with Crippen LogP contribution in [0.4, 0.5) is 4.39 Å². The zero-order chi connectivity index (χ0) is 28.4. The Bertz CT molecular complexity index is 1360. The highest BCUT2D eigenvalue weighted by Crippen LogP contribution is 2.32. The summed E-state index contributed by atoms with van der Waals surface area (Å²) in [5.74, 6) is -2.63. The highest BCUT2D eigenvalue weighted by molar-refractivity contribution is 5.92. The molecule has 3 aromatic carbocycles. The summed E-state index contributed by atoms with van der Waals surface area (Å²) in [7, 11) is 1.38. The molecule has 0 radical (unpaired) electrons.